The van der Waals surface area contributed by atoms with Crippen LogP contribution >= 0.6 is 0 Å². The number of para-hydroxylation sites is 1. The van der Waals surface area contributed by atoms with Crippen molar-refractivity contribution in [3.63, 3.8) is 0 Å². The van der Waals surface area contributed by atoms with E-state index in [1.54, 1.807) is 0 Å². The quantitative estimate of drug-likeness (QED) is 0.341. The molecule has 0 amide bonds. The molecule has 0 aliphatic heterocycles. The van der Waals surface area contributed by atoms with Crippen LogP contribution in [0.25, 0.3) is 22.6 Å². The van der Waals surface area contributed by atoms with Gasteiger partial charge in [0.05, 0.1) is 11.2 Å². The molecule has 0 spiro atoms. The maximum absolute atomic E-state index is 4.88. The highest BCUT2D eigenvalue weighted by atomic mass is 14.8. The van der Waals surface area contributed by atoms with Gasteiger partial charge in [0.15, 0.2) is 0 Å². The third-order valence-electron chi connectivity index (χ3n) is 5.15. The lowest BCUT2D eigenvalue weighted by Gasteiger charge is -2.12. The van der Waals surface area contributed by atoms with Gasteiger partial charge >= 0.3 is 0 Å². The minimum atomic E-state index is 0.926. The van der Waals surface area contributed by atoms with Gasteiger partial charge in [-0.1, -0.05) is 66.8 Å². The fraction of sp³-hybridized carbons (Fsp3) is 0.185. The first-order valence-corrected chi connectivity index (χ1v) is 10.2. The van der Waals surface area contributed by atoms with E-state index in [0.29, 0.717) is 0 Å². The van der Waals surface area contributed by atoms with Gasteiger partial charge in [0, 0.05) is 16.8 Å². The molecule has 0 fully saturated rings. The highest BCUT2D eigenvalue weighted by molar-refractivity contribution is 6.02. The second kappa shape index (κ2) is 8.83. The van der Waals surface area contributed by atoms with Crippen LogP contribution in [-0.2, 0) is 0 Å². The van der Waals surface area contributed by atoms with Crippen molar-refractivity contribution in [2.24, 2.45) is 4.99 Å². The molecule has 1 heterocycles. The van der Waals surface area contributed by atoms with Crippen molar-refractivity contribution in [1.82, 2.24) is 4.98 Å². The topological polar surface area (TPSA) is 25.2 Å². The summed E-state index contributed by atoms with van der Waals surface area (Å²) in [6, 6.07) is 18.8. The zero-order valence-electron chi connectivity index (χ0n) is 17.1. The lowest BCUT2D eigenvalue weighted by atomic mass is 9.96. The van der Waals surface area contributed by atoms with Crippen LogP contribution in [0.4, 0.5) is 5.69 Å². The highest BCUT2D eigenvalue weighted by Gasteiger charge is 2.12. The van der Waals surface area contributed by atoms with Crippen LogP contribution < -0.4 is 0 Å². The van der Waals surface area contributed by atoms with E-state index in [9.17, 15) is 0 Å². The Morgan fingerprint density at radius 2 is 1.90 bits per heavy atom. The molecule has 2 heteroatoms. The minimum absolute atomic E-state index is 0.926. The number of pyridine rings is 1. The first-order chi connectivity index (χ1) is 14.2. The van der Waals surface area contributed by atoms with Crippen LogP contribution in [0.15, 0.2) is 83.9 Å². The fourth-order valence-electron chi connectivity index (χ4n) is 3.74. The van der Waals surface area contributed by atoms with E-state index in [2.05, 4.69) is 73.7 Å². The van der Waals surface area contributed by atoms with E-state index >= 15 is 0 Å². The van der Waals surface area contributed by atoms with E-state index in [0.717, 1.165) is 41.9 Å². The number of nitrogens with zero attached hydrogens (tertiary/aromatic N) is 2. The van der Waals surface area contributed by atoms with Gasteiger partial charge in [0.2, 0.25) is 0 Å². The summed E-state index contributed by atoms with van der Waals surface area (Å²) in [4.78, 5) is 9.74. The molecule has 2 aromatic carbocycles. The number of fused-ring (bicyclic) bond motifs is 1. The Hall–Kier alpha value is -3.26. The normalized spacial score (nSPS) is 15.0. The van der Waals surface area contributed by atoms with E-state index in [4.69, 9.17) is 9.98 Å². The maximum Gasteiger partial charge on any atom is 0.0967 e. The van der Waals surface area contributed by atoms with Crippen LogP contribution in [0.3, 0.4) is 0 Å². The van der Waals surface area contributed by atoms with E-state index < -0.39 is 0 Å². The van der Waals surface area contributed by atoms with Gasteiger partial charge in [-0.25, -0.2) is 0 Å². The van der Waals surface area contributed by atoms with Crippen LogP contribution in [-0.4, -0.2) is 10.7 Å². The first-order valence-electron chi connectivity index (χ1n) is 10.2. The molecule has 1 aliphatic rings. The number of hydrogen-bond acceptors (Lipinski definition) is 2. The molecule has 0 atom stereocenters. The molecule has 0 radical (unpaired) electrons. The third kappa shape index (κ3) is 4.60. The summed E-state index contributed by atoms with van der Waals surface area (Å²) in [6.07, 6.45) is 14.2. The SMILES string of the molecule is CC(/C=C/c1ccccc1)=Nc1cccc2c(C3=CCC=CCC3)cc(C)nc12. The van der Waals surface area contributed by atoms with Crippen molar-refractivity contribution in [3.8, 4) is 0 Å². The smallest absolute Gasteiger partial charge is 0.0967 e. The van der Waals surface area contributed by atoms with Crippen LogP contribution in [0, 0.1) is 6.92 Å². The van der Waals surface area contributed by atoms with Crippen molar-refractivity contribution < 1.29 is 0 Å². The summed E-state index contributed by atoms with van der Waals surface area (Å²) in [7, 11) is 0. The average Bonchev–Trinajstić information content (AvgIpc) is 3.02. The van der Waals surface area contributed by atoms with Gasteiger partial charge in [-0.15, -0.1) is 0 Å². The summed E-state index contributed by atoms with van der Waals surface area (Å²) in [6.45, 7) is 4.11. The molecule has 0 unspecified atom stereocenters. The van der Waals surface area contributed by atoms with Gasteiger partial charge in [0.25, 0.3) is 0 Å². The Labute approximate surface area is 173 Å². The van der Waals surface area contributed by atoms with Gasteiger partial charge < -0.3 is 0 Å². The predicted octanol–water partition coefficient (Wildman–Crippen LogP) is 7.47. The Morgan fingerprint density at radius 3 is 2.76 bits per heavy atom. The molecular weight excluding hydrogens is 352 g/mol. The largest absolute Gasteiger partial charge is 0.251 e. The molecule has 3 aromatic rings. The molecular formula is C27H26N2. The number of benzene rings is 2. The highest BCUT2D eigenvalue weighted by Crippen LogP contribution is 2.33. The number of aryl methyl sites for hydroxylation is 1. The number of rotatable bonds is 4. The summed E-state index contributed by atoms with van der Waals surface area (Å²) < 4.78 is 0. The zero-order chi connectivity index (χ0) is 20.1. The summed E-state index contributed by atoms with van der Waals surface area (Å²) in [5, 5.41) is 1.19. The van der Waals surface area contributed by atoms with Crippen molar-refractivity contribution in [2.45, 2.75) is 33.1 Å². The van der Waals surface area contributed by atoms with Crippen LogP contribution in [0.2, 0.25) is 0 Å². The Morgan fingerprint density at radius 1 is 1.03 bits per heavy atom. The summed E-state index contributed by atoms with van der Waals surface area (Å²) >= 11 is 0. The molecule has 1 aliphatic carbocycles. The van der Waals surface area contributed by atoms with Gasteiger partial charge in [-0.2, -0.15) is 0 Å². The Balaban J connectivity index is 1.74. The number of hydrogen-bond donors (Lipinski definition) is 0. The van der Waals surface area contributed by atoms with E-state index in [1.165, 1.54) is 22.1 Å². The molecule has 0 N–H and O–H groups in total. The fourth-order valence-corrected chi connectivity index (χ4v) is 3.74. The predicted molar refractivity (Wildman–Crippen MR) is 126 cm³/mol. The second-order valence-corrected chi connectivity index (χ2v) is 7.46. The summed E-state index contributed by atoms with van der Waals surface area (Å²) in [5.74, 6) is 0. The van der Waals surface area contributed by atoms with Gasteiger partial charge in [-0.05, 0) is 68.0 Å². The lowest BCUT2D eigenvalue weighted by Crippen LogP contribution is -1.93. The molecule has 0 bridgehead atoms. The van der Waals surface area contributed by atoms with Crippen LogP contribution in [0.5, 0.6) is 0 Å². The van der Waals surface area contributed by atoms with Gasteiger partial charge in [-0.3, -0.25) is 9.98 Å². The molecule has 29 heavy (non-hydrogen) atoms. The molecule has 144 valence electrons. The average molecular weight is 379 g/mol. The molecule has 0 saturated heterocycles. The molecule has 2 nitrogen and oxygen atoms in total. The van der Waals surface area contributed by atoms with Crippen molar-refractivity contribution in [1.29, 1.82) is 0 Å². The molecule has 0 saturated carbocycles. The number of aromatic nitrogens is 1. The maximum atomic E-state index is 4.88. The molecule has 1 aromatic heterocycles. The number of aliphatic imine (C=N–C) groups is 1. The van der Waals surface area contributed by atoms with Gasteiger partial charge in [0.1, 0.15) is 0 Å². The minimum Gasteiger partial charge on any atom is -0.251 e. The third-order valence-corrected chi connectivity index (χ3v) is 5.15. The Bertz CT molecular complexity index is 1130. The Kier molecular flexibility index (Phi) is 5.81. The first kappa shape index (κ1) is 19.1. The standard InChI is InChI=1S/C27H26N2/c1-20(17-18-22-11-6-5-7-12-22)28-26-16-10-15-24-25(19-21(2)29-27(24)26)23-13-8-3-4-9-14-23/h3-7,10-13,15-19H,8-9,14H2,1-2H3/b18-17+,28-20?. The summed E-state index contributed by atoms with van der Waals surface area (Å²) in [5.41, 5.74) is 7.78. The van der Waals surface area contributed by atoms with Crippen molar-refractivity contribution >= 4 is 34.0 Å². The van der Waals surface area contributed by atoms with Crippen molar-refractivity contribution in [3.05, 3.63) is 95.7 Å². The van der Waals surface area contributed by atoms with E-state index in [1.807, 2.05) is 25.1 Å². The lowest BCUT2D eigenvalue weighted by molar-refractivity contribution is 1.07. The van der Waals surface area contributed by atoms with Crippen LogP contribution in [0.1, 0.15) is 43.0 Å². The number of allylic oxidation sites excluding steroid dienone is 5. The van der Waals surface area contributed by atoms with E-state index in [-0.39, 0.29) is 0 Å². The zero-order valence-corrected chi connectivity index (χ0v) is 17.1. The second-order valence-electron chi connectivity index (χ2n) is 7.46. The molecule has 4 rings (SSSR count). The van der Waals surface area contributed by atoms with Crippen molar-refractivity contribution in [2.75, 3.05) is 0 Å². The monoisotopic (exact) mass is 378 g/mol.